The van der Waals surface area contributed by atoms with E-state index in [9.17, 15) is 0 Å². The van der Waals surface area contributed by atoms with Gasteiger partial charge in [-0.15, -0.1) is 11.8 Å². The molecule has 4 heteroatoms. The van der Waals surface area contributed by atoms with Gasteiger partial charge in [-0.1, -0.05) is 12.1 Å². The molecule has 0 spiro atoms. The Bertz CT molecular complexity index is 701. The number of anilines is 1. The van der Waals surface area contributed by atoms with Crippen LogP contribution in [0.1, 0.15) is 5.56 Å². The van der Waals surface area contributed by atoms with Gasteiger partial charge in [-0.25, -0.2) is 4.98 Å². The third-order valence-electron chi connectivity index (χ3n) is 3.16. The van der Waals surface area contributed by atoms with E-state index in [-0.39, 0.29) is 0 Å². The molecule has 0 aliphatic rings. The molecular weight excluding hydrogens is 254 g/mol. The van der Waals surface area contributed by atoms with Gasteiger partial charge in [0, 0.05) is 17.1 Å². The first kappa shape index (κ1) is 12.1. The minimum atomic E-state index is 0.752. The SMILES string of the molecule is CSc1ccc(Cn2cnc3cc(N)ccc32)cc1. The molecule has 0 aliphatic carbocycles. The van der Waals surface area contributed by atoms with Crippen molar-refractivity contribution in [1.29, 1.82) is 0 Å². The van der Waals surface area contributed by atoms with Crippen molar-refractivity contribution in [3.63, 3.8) is 0 Å². The number of imidazole rings is 1. The summed E-state index contributed by atoms with van der Waals surface area (Å²) in [5, 5.41) is 0. The number of rotatable bonds is 3. The number of nitrogen functional groups attached to an aromatic ring is 1. The molecule has 3 aromatic rings. The number of fused-ring (bicyclic) bond motifs is 1. The van der Waals surface area contributed by atoms with Crippen molar-refractivity contribution in [3.05, 3.63) is 54.4 Å². The van der Waals surface area contributed by atoms with Crippen LogP contribution < -0.4 is 5.73 Å². The van der Waals surface area contributed by atoms with E-state index < -0.39 is 0 Å². The van der Waals surface area contributed by atoms with Gasteiger partial charge in [-0.2, -0.15) is 0 Å². The number of hydrogen-bond donors (Lipinski definition) is 1. The lowest BCUT2D eigenvalue weighted by Crippen LogP contribution is -1.97. The van der Waals surface area contributed by atoms with Crippen LogP contribution in [-0.4, -0.2) is 15.8 Å². The normalized spacial score (nSPS) is 11.0. The highest BCUT2D eigenvalue weighted by Gasteiger charge is 2.03. The lowest BCUT2D eigenvalue weighted by molar-refractivity contribution is 0.823. The van der Waals surface area contributed by atoms with Crippen molar-refractivity contribution >= 4 is 28.5 Å². The molecule has 1 aromatic heterocycles. The van der Waals surface area contributed by atoms with Crippen LogP contribution in [0.4, 0.5) is 5.69 Å². The Labute approximate surface area is 116 Å². The summed E-state index contributed by atoms with van der Waals surface area (Å²) in [5.41, 5.74) is 9.85. The summed E-state index contributed by atoms with van der Waals surface area (Å²) in [6.07, 6.45) is 3.95. The summed E-state index contributed by atoms with van der Waals surface area (Å²) in [4.78, 5) is 5.67. The molecule has 19 heavy (non-hydrogen) atoms. The van der Waals surface area contributed by atoms with Gasteiger partial charge in [0.05, 0.1) is 17.4 Å². The number of thioether (sulfide) groups is 1. The van der Waals surface area contributed by atoms with Crippen LogP contribution in [-0.2, 0) is 6.54 Å². The summed E-state index contributed by atoms with van der Waals surface area (Å²) in [7, 11) is 0. The van der Waals surface area contributed by atoms with Gasteiger partial charge in [0.15, 0.2) is 0 Å². The molecule has 0 unspecified atom stereocenters. The summed E-state index contributed by atoms with van der Waals surface area (Å²) in [6.45, 7) is 0.828. The maximum atomic E-state index is 5.77. The molecule has 3 nitrogen and oxygen atoms in total. The van der Waals surface area contributed by atoms with Crippen LogP contribution in [0, 0.1) is 0 Å². The highest BCUT2D eigenvalue weighted by Crippen LogP contribution is 2.19. The maximum absolute atomic E-state index is 5.77. The third kappa shape index (κ3) is 2.44. The molecule has 1 heterocycles. The quantitative estimate of drug-likeness (QED) is 0.585. The maximum Gasteiger partial charge on any atom is 0.0961 e. The van der Waals surface area contributed by atoms with Gasteiger partial charge >= 0.3 is 0 Å². The van der Waals surface area contributed by atoms with E-state index in [0.29, 0.717) is 0 Å². The molecule has 0 atom stereocenters. The van der Waals surface area contributed by atoms with Gasteiger partial charge in [0.25, 0.3) is 0 Å². The third-order valence-corrected chi connectivity index (χ3v) is 3.90. The van der Waals surface area contributed by atoms with Gasteiger partial charge < -0.3 is 10.3 Å². The largest absolute Gasteiger partial charge is 0.399 e. The van der Waals surface area contributed by atoms with E-state index in [0.717, 1.165) is 23.3 Å². The molecular formula is C15H15N3S. The zero-order valence-electron chi connectivity index (χ0n) is 10.7. The van der Waals surface area contributed by atoms with Crippen molar-refractivity contribution in [2.75, 3.05) is 12.0 Å². The van der Waals surface area contributed by atoms with Crippen molar-refractivity contribution in [1.82, 2.24) is 9.55 Å². The van der Waals surface area contributed by atoms with Crippen LogP contribution in [0.25, 0.3) is 11.0 Å². The molecule has 2 aromatic carbocycles. The fourth-order valence-corrected chi connectivity index (χ4v) is 2.54. The van der Waals surface area contributed by atoms with E-state index in [2.05, 4.69) is 40.1 Å². The van der Waals surface area contributed by atoms with E-state index in [1.54, 1.807) is 11.8 Å². The molecule has 2 N–H and O–H groups in total. The highest BCUT2D eigenvalue weighted by molar-refractivity contribution is 7.98. The predicted molar refractivity (Wildman–Crippen MR) is 81.5 cm³/mol. The number of aromatic nitrogens is 2. The van der Waals surface area contributed by atoms with E-state index in [1.165, 1.54) is 10.5 Å². The average Bonchev–Trinajstić information content (AvgIpc) is 2.82. The summed E-state index contributed by atoms with van der Waals surface area (Å²) < 4.78 is 2.14. The lowest BCUT2D eigenvalue weighted by Gasteiger charge is -2.05. The standard InChI is InChI=1S/C15H15N3S/c1-19-13-5-2-11(3-6-13)9-18-10-17-14-8-12(16)4-7-15(14)18/h2-8,10H,9,16H2,1H3. The highest BCUT2D eigenvalue weighted by atomic mass is 32.2. The van der Waals surface area contributed by atoms with Gasteiger partial charge in [0.2, 0.25) is 0 Å². The van der Waals surface area contributed by atoms with Crippen LogP contribution >= 0.6 is 11.8 Å². The first-order valence-electron chi connectivity index (χ1n) is 6.09. The average molecular weight is 269 g/mol. The Morgan fingerprint density at radius 2 is 1.95 bits per heavy atom. The molecule has 0 bridgehead atoms. The van der Waals surface area contributed by atoms with E-state index in [1.807, 2.05) is 24.5 Å². The molecule has 0 amide bonds. The Morgan fingerprint density at radius 3 is 2.68 bits per heavy atom. The van der Waals surface area contributed by atoms with Crippen molar-refractivity contribution < 1.29 is 0 Å². The Balaban J connectivity index is 1.92. The van der Waals surface area contributed by atoms with Gasteiger partial charge in [-0.3, -0.25) is 0 Å². The fourth-order valence-electron chi connectivity index (χ4n) is 2.13. The summed E-state index contributed by atoms with van der Waals surface area (Å²) >= 11 is 1.76. The predicted octanol–water partition coefficient (Wildman–Crippen LogP) is 3.39. The first-order valence-corrected chi connectivity index (χ1v) is 7.32. The number of hydrogen-bond acceptors (Lipinski definition) is 3. The molecule has 0 radical (unpaired) electrons. The van der Waals surface area contributed by atoms with E-state index >= 15 is 0 Å². The molecule has 3 rings (SSSR count). The van der Waals surface area contributed by atoms with Crippen molar-refractivity contribution in [2.45, 2.75) is 11.4 Å². The van der Waals surface area contributed by atoms with Crippen LogP contribution in [0.5, 0.6) is 0 Å². The van der Waals surface area contributed by atoms with E-state index in [4.69, 9.17) is 5.73 Å². The second-order valence-electron chi connectivity index (χ2n) is 4.47. The van der Waals surface area contributed by atoms with Gasteiger partial charge in [0.1, 0.15) is 0 Å². The van der Waals surface area contributed by atoms with Gasteiger partial charge in [-0.05, 0) is 42.2 Å². The van der Waals surface area contributed by atoms with Crippen LogP contribution in [0.15, 0.2) is 53.7 Å². The number of nitrogens with two attached hydrogens (primary N) is 1. The first-order chi connectivity index (χ1) is 9.26. The second-order valence-corrected chi connectivity index (χ2v) is 5.35. The van der Waals surface area contributed by atoms with Crippen LogP contribution in [0.3, 0.4) is 0 Å². The second kappa shape index (κ2) is 4.97. The molecule has 0 saturated carbocycles. The summed E-state index contributed by atoms with van der Waals surface area (Å²) in [5.74, 6) is 0. The Kier molecular flexibility index (Phi) is 3.17. The minimum Gasteiger partial charge on any atom is -0.399 e. The van der Waals surface area contributed by atoms with Crippen LogP contribution in [0.2, 0.25) is 0 Å². The topological polar surface area (TPSA) is 43.8 Å². The lowest BCUT2D eigenvalue weighted by atomic mass is 10.2. The number of benzene rings is 2. The smallest absolute Gasteiger partial charge is 0.0961 e. The zero-order chi connectivity index (χ0) is 13.2. The zero-order valence-corrected chi connectivity index (χ0v) is 11.5. The molecule has 0 saturated heterocycles. The fraction of sp³-hybridized carbons (Fsp3) is 0.133. The monoisotopic (exact) mass is 269 g/mol. The van der Waals surface area contributed by atoms with Crippen molar-refractivity contribution in [2.24, 2.45) is 0 Å². The Morgan fingerprint density at radius 1 is 1.16 bits per heavy atom. The Hall–Kier alpha value is -1.94. The molecule has 0 aliphatic heterocycles. The molecule has 0 fully saturated rings. The minimum absolute atomic E-state index is 0.752. The number of nitrogens with zero attached hydrogens (tertiary/aromatic N) is 2. The van der Waals surface area contributed by atoms with Crippen molar-refractivity contribution in [3.8, 4) is 0 Å². The molecule has 96 valence electrons. The summed E-state index contributed by atoms with van der Waals surface area (Å²) in [6, 6.07) is 14.5.